The number of carboxylic acid groups (broad SMARTS) is 2. The summed E-state index contributed by atoms with van der Waals surface area (Å²) < 4.78 is 28.0. The molecule has 16 heteroatoms. The molecule has 2 aliphatic heterocycles. The molecular formula is C72H92N6O8S2. The van der Waals surface area contributed by atoms with Crippen molar-refractivity contribution in [3.63, 3.8) is 0 Å². The van der Waals surface area contributed by atoms with Crippen molar-refractivity contribution in [1.29, 1.82) is 0 Å². The van der Waals surface area contributed by atoms with E-state index >= 15 is 0 Å². The van der Waals surface area contributed by atoms with Gasteiger partial charge >= 0.3 is 11.9 Å². The molecule has 8 aromatic rings. The van der Waals surface area contributed by atoms with Gasteiger partial charge in [-0.05, 0) is 135 Å². The van der Waals surface area contributed by atoms with E-state index in [1.54, 1.807) is 22.7 Å². The van der Waals surface area contributed by atoms with Gasteiger partial charge in [-0.3, -0.25) is 19.4 Å². The fourth-order valence-corrected chi connectivity index (χ4v) is 14.2. The van der Waals surface area contributed by atoms with Crippen molar-refractivity contribution in [3.05, 3.63) is 120 Å². The quantitative estimate of drug-likeness (QED) is 0.0352. The van der Waals surface area contributed by atoms with Crippen LogP contribution in [0.5, 0.6) is 23.3 Å². The van der Waals surface area contributed by atoms with Gasteiger partial charge in [-0.1, -0.05) is 102 Å². The summed E-state index contributed by atoms with van der Waals surface area (Å²) in [5.74, 6) is 0.539. The van der Waals surface area contributed by atoms with Crippen LogP contribution in [0.3, 0.4) is 0 Å². The number of pyridine rings is 2. The Hall–Kier alpha value is -6.72. The molecule has 0 spiro atoms. The fourth-order valence-electron chi connectivity index (χ4n) is 12.6. The monoisotopic (exact) mass is 1230 g/mol. The van der Waals surface area contributed by atoms with E-state index in [9.17, 15) is 14.7 Å². The summed E-state index contributed by atoms with van der Waals surface area (Å²) in [6.45, 7) is 11.5. The Morgan fingerprint density at radius 3 is 1.31 bits per heavy atom. The highest BCUT2D eigenvalue weighted by Gasteiger charge is 2.41. The minimum atomic E-state index is -1.36. The Labute approximate surface area is 528 Å². The van der Waals surface area contributed by atoms with Gasteiger partial charge in [0.05, 0.1) is 24.2 Å². The minimum Gasteiger partial charge on any atom is -0.494 e. The Balaban J connectivity index is 0.684. The molecule has 0 amide bonds. The molecule has 470 valence electrons. The number of hydrogen-bond donors (Lipinski definition) is 2. The molecule has 2 saturated heterocycles. The number of fused-ring (bicyclic) bond motifs is 4. The number of aliphatic carboxylic acids is 2. The van der Waals surface area contributed by atoms with Crippen LogP contribution in [0.1, 0.15) is 135 Å². The summed E-state index contributed by atoms with van der Waals surface area (Å²) in [5.41, 5.74) is 2.79. The average Bonchev–Trinajstić information content (AvgIpc) is 2.96. The lowest BCUT2D eigenvalue weighted by Crippen LogP contribution is -2.46. The Kier molecular flexibility index (Phi) is 24.6. The van der Waals surface area contributed by atoms with Crippen LogP contribution in [0.2, 0.25) is 0 Å². The Bertz CT molecular complexity index is 3240. The highest BCUT2D eigenvalue weighted by atomic mass is 32.1. The lowest BCUT2D eigenvalue weighted by molar-refractivity contribution is -0.154. The minimum absolute atomic E-state index is 0.115. The summed E-state index contributed by atoms with van der Waals surface area (Å²) >= 11 is 3.61. The Morgan fingerprint density at radius 1 is 0.455 bits per heavy atom. The van der Waals surface area contributed by atoms with E-state index in [-0.39, 0.29) is 19.6 Å². The predicted octanol–water partition coefficient (Wildman–Crippen LogP) is 16.4. The third-order valence-electron chi connectivity index (χ3n) is 17.9. The molecule has 0 radical (unpaired) electrons. The molecule has 6 heterocycles. The first-order chi connectivity index (χ1) is 43.2. The topological polar surface area (TPSA) is 150 Å². The highest BCUT2D eigenvalue weighted by Crippen LogP contribution is 2.35. The van der Waals surface area contributed by atoms with Crippen LogP contribution in [-0.4, -0.2) is 134 Å². The van der Waals surface area contributed by atoms with Gasteiger partial charge in [0.25, 0.3) is 0 Å². The zero-order chi connectivity index (χ0) is 60.6. The first-order valence-corrected chi connectivity index (χ1v) is 34.7. The van der Waals surface area contributed by atoms with Crippen LogP contribution in [0.4, 0.5) is 11.4 Å². The number of rotatable bonds is 39. The molecule has 0 atom stereocenters. The molecule has 0 saturated carbocycles. The number of carbonyl (C=O) groups is 2. The molecule has 4 aromatic carbocycles. The van der Waals surface area contributed by atoms with Gasteiger partial charge in [0.2, 0.25) is 11.8 Å². The first-order valence-electron chi connectivity index (χ1n) is 32.9. The second kappa shape index (κ2) is 33.7. The summed E-state index contributed by atoms with van der Waals surface area (Å²) in [6.07, 6.45) is 21.2. The largest absolute Gasteiger partial charge is 0.494 e. The second-order valence-electron chi connectivity index (χ2n) is 24.4. The van der Waals surface area contributed by atoms with E-state index in [4.69, 9.17) is 34.0 Å². The molecular weight excluding hydrogens is 1140 g/mol. The van der Waals surface area contributed by atoms with Crippen LogP contribution in [-0.2, 0) is 9.59 Å². The lowest BCUT2D eigenvalue weighted by Gasteiger charge is -2.36. The molecule has 0 bridgehead atoms. The van der Waals surface area contributed by atoms with Gasteiger partial charge in [0, 0.05) is 125 Å². The number of ether oxygens (including phenoxy) is 4. The number of nitrogens with zero attached hydrogens (tertiary/aromatic N) is 6. The smallest absolute Gasteiger partial charge is 0.316 e. The van der Waals surface area contributed by atoms with Gasteiger partial charge in [0.1, 0.15) is 30.1 Å². The van der Waals surface area contributed by atoms with Crippen molar-refractivity contribution in [2.45, 2.75) is 135 Å². The maximum absolute atomic E-state index is 13.6. The third-order valence-corrected chi connectivity index (χ3v) is 19.7. The summed E-state index contributed by atoms with van der Waals surface area (Å²) in [4.78, 5) is 44.3. The maximum Gasteiger partial charge on any atom is 0.316 e. The number of hydrogen-bond acceptors (Lipinski definition) is 14. The van der Waals surface area contributed by atoms with Crippen molar-refractivity contribution in [2.24, 2.45) is 5.41 Å². The van der Waals surface area contributed by atoms with Crippen LogP contribution in [0, 0.1) is 5.41 Å². The van der Waals surface area contributed by atoms with Crippen molar-refractivity contribution < 1.29 is 38.7 Å². The molecule has 2 aliphatic rings. The van der Waals surface area contributed by atoms with Gasteiger partial charge < -0.3 is 39.0 Å². The SMILES string of the molecule is O=C(O)CCCCCCCCCCCCCCCCCC(COc1ccc2ccc(OCCCCN3CCN(c4cccc5sccc45)CC3)cc2n1)(COc1ccc2ccc(OCCCCN3CCN(c4cccc5sccc45)CC3)cc2n1)C(=O)O. The van der Waals surface area contributed by atoms with E-state index in [0.29, 0.717) is 31.4 Å². The van der Waals surface area contributed by atoms with Crippen LogP contribution in [0.15, 0.2) is 120 Å². The predicted molar refractivity (Wildman–Crippen MR) is 361 cm³/mol. The number of unbranched alkanes of at least 4 members (excludes halogenated alkanes) is 16. The molecule has 0 unspecified atom stereocenters. The number of piperazine rings is 2. The summed E-state index contributed by atoms with van der Waals surface area (Å²) in [5, 5.41) is 28.9. The van der Waals surface area contributed by atoms with E-state index < -0.39 is 17.4 Å². The summed E-state index contributed by atoms with van der Waals surface area (Å²) in [6, 6.07) is 37.2. The number of benzene rings is 4. The van der Waals surface area contributed by atoms with E-state index in [1.165, 1.54) is 82.9 Å². The van der Waals surface area contributed by atoms with Crippen molar-refractivity contribution in [1.82, 2.24) is 19.8 Å². The number of carboxylic acids is 2. The van der Waals surface area contributed by atoms with Crippen molar-refractivity contribution in [3.8, 4) is 23.3 Å². The van der Waals surface area contributed by atoms with E-state index in [1.807, 2.05) is 60.7 Å². The fraction of sp³-hybridized carbons (Fsp3) is 0.500. The van der Waals surface area contributed by atoms with Crippen LogP contribution >= 0.6 is 22.7 Å². The van der Waals surface area contributed by atoms with Crippen LogP contribution < -0.4 is 28.7 Å². The molecule has 88 heavy (non-hydrogen) atoms. The highest BCUT2D eigenvalue weighted by molar-refractivity contribution is 7.17. The van der Waals surface area contributed by atoms with Gasteiger partial charge in [-0.2, -0.15) is 0 Å². The van der Waals surface area contributed by atoms with Crippen molar-refractivity contribution in [2.75, 3.05) is 102 Å². The molecule has 0 aliphatic carbocycles. The number of anilines is 2. The zero-order valence-corrected chi connectivity index (χ0v) is 53.3. The third kappa shape index (κ3) is 18.9. The normalized spacial score (nSPS) is 14.4. The second-order valence-corrected chi connectivity index (χ2v) is 26.3. The van der Waals surface area contributed by atoms with E-state index in [2.05, 4.69) is 78.9 Å². The molecule has 2 N–H and O–H groups in total. The average molecular weight is 1230 g/mol. The number of aromatic nitrogens is 2. The maximum atomic E-state index is 13.6. The van der Waals surface area contributed by atoms with Gasteiger partial charge in [-0.25, -0.2) is 9.97 Å². The van der Waals surface area contributed by atoms with E-state index in [0.717, 1.165) is 169 Å². The van der Waals surface area contributed by atoms with Crippen LogP contribution in [0.25, 0.3) is 42.0 Å². The van der Waals surface area contributed by atoms with Gasteiger partial charge in [0.15, 0.2) is 0 Å². The van der Waals surface area contributed by atoms with Gasteiger partial charge in [-0.15, -0.1) is 22.7 Å². The first kappa shape index (κ1) is 64.3. The van der Waals surface area contributed by atoms with Crippen molar-refractivity contribution >= 4 is 88.0 Å². The molecule has 14 nitrogen and oxygen atoms in total. The molecule has 10 rings (SSSR count). The Morgan fingerprint density at radius 2 is 0.875 bits per heavy atom. The zero-order valence-electron chi connectivity index (χ0n) is 51.6. The molecule has 4 aromatic heterocycles. The number of thiophene rings is 2. The standard InChI is InChI=1S/C72H92N6O8S2/c79-70(80)26-14-12-10-8-6-4-2-1-3-5-7-9-11-13-15-37-72(71(81)82,54-85-68-33-29-56-27-31-58(52-62(56)73-68)83-48-18-16-38-75-40-44-77(45-41-75)64-22-20-24-66-60(64)35-50-87-66)55-86-69-34-30-57-28-32-59(53-63(57)74-69)84-49-19-17-39-76-42-46-78(47-43-76)65-23-21-25-67-61(65)36-51-88-67/h20-25,27-36,50-53H,1-19,26,37-49,54-55H2,(H,79,80)(H,81,82). The lowest BCUT2D eigenvalue weighted by atomic mass is 9.84. The summed E-state index contributed by atoms with van der Waals surface area (Å²) in [7, 11) is 0. The molecule has 2 fully saturated rings.